The van der Waals surface area contributed by atoms with E-state index in [1.54, 1.807) is 24.3 Å². The van der Waals surface area contributed by atoms with Crippen LogP contribution in [-0.4, -0.2) is 11.8 Å². The Labute approximate surface area is 170 Å². The van der Waals surface area contributed by atoms with Gasteiger partial charge in [0.2, 0.25) is 11.7 Å². The third-order valence-electron chi connectivity index (χ3n) is 4.45. The summed E-state index contributed by atoms with van der Waals surface area (Å²) in [6.45, 7) is 0. The van der Waals surface area contributed by atoms with Crippen molar-refractivity contribution in [2.75, 3.05) is 10.6 Å². The van der Waals surface area contributed by atoms with Gasteiger partial charge in [-0.2, -0.15) is 0 Å². The highest BCUT2D eigenvalue weighted by Gasteiger charge is 2.22. The Morgan fingerprint density at radius 1 is 0.800 bits per heavy atom. The average molecular weight is 406 g/mol. The van der Waals surface area contributed by atoms with E-state index in [0.29, 0.717) is 22.2 Å². The molecule has 150 valence electrons. The van der Waals surface area contributed by atoms with Gasteiger partial charge in [0.25, 0.3) is 5.91 Å². The topological polar surface area (TPSA) is 71.3 Å². The maximum Gasteiger partial charge on any atom is 0.293 e. The molecule has 0 bridgehead atoms. The van der Waals surface area contributed by atoms with Gasteiger partial charge >= 0.3 is 0 Å². The SMILES string of the molecule is O=C(Cc1ccc(F)cc1)Nc1c(C(=O)Nc2ccc(F)cc2)oc2ccccc12. The molecule has 0 aliphatic heterocycles. The molecule has 4 aromatic rings. The number of carbonyl (C=O) groups is 2. The molecule has 1 aromatic heterocycles. The van der Waals surface area contributed by atoms with Crippen molar-refractivity contribution in [3.8, 4) is 0 Å². The molecule has 0 saturated carbocycles. The number of hydrogen-bond donors (Lipinski definition) is 2. The quantitative estimate of drug-likeness (QED) is 0.482. The first-order chi connectivity index (χ1) is 14.5. The van der Waals surface area contributed by atoms with Gasteiger partial charge in [-0.1, -0.05) is 24.3 Å². The zero-order chi connectivity index (χ0) is 21.1. The number of benzene rings is 3. The van der Waals surface area contributed by atoms with Crippen molar-refractivity contribution in [1.29, 1.82) is 0 Å². The Hall–Kier alpha value is -4.00. The van der Waals surface area contributed by atoms with Crippen LogP contribution < -0.4 is 10.6 Å². The van der Waals surface area contributed by atoms with Crippen LogP contribution in [0.25, 0.3) is 11.0 Å². The lowest BCUT2D eigenvalue weighted by Crippen LogP contribution is -2.18. The van der Waals surface area contributed by atoms with Crippen molar-refractivity contribution in [2.24, 2.45) is 0 Å². The van der Waals surface area contributed by atoms with Gasteiger partial charge in [0.05, 0.1) is 6.42 Å². The fourth-order valence-electron chi connectivity index (χ4n) is 3.02. The van der Waals surface area contributed by atoms with E-state index in [1.807, 2.05) is 0 Å². The largest absolute Gasteiger partial charge is 0.449 e. The van der Waals surface area contributed by atoms with Crippen molar-refractivity contribution in [3.05, 3.63) is 95.8 Å². The van der Waals surface area contributed by atoms with Gasteiger partial charge in [0.15, 0.2) is 0 Å². The maximum absolute atomic E-state index is 13.1. The fourth-order valence-corrected chi connectivity index (χ4v) is 3.02. The Bertz CT molecular complexity index is 1220. The molecular formula is C23H16F2N2O3. The van der Waals surface area contributed by atoms with Gasteiger partial charge < -0.3 is 15.1 Å². The molecule has 0 saturated heterocycles. The summed E-state index contributed by atoms with van der Waals surface area (Å²) >= 11 is 0. The third-order valence-corrected chi connectivity index (χ3v) is 4.45. The number of nitrogens with one attached hydrogen (secondary N) is 2. The molecular weight excluding hydrogens is 390 g/mol. The van der Waals surface area contributed by atoms with Gasteiger partial charge in [0, 0.05) is 11.1 Å². The van der Waals surface area contributed by atoms with Crippen molar-refractivity contribution in [3.63, 3.8) is 0 Å². The first kappa shape index (κ1) is 19.3. The van der Waals surface area contributed by atoms with Crippen LogP contribution in [0.4, 0.5) is 20.2 Å². The van der Waals surface area contributed by atoms with Gasteiger partial charge in [-0.05, 0) is 54.1 Å². The number of rotatable bonds is 5. The molecule has 0 aliphatic rings. The molecule has 3 aromatic carbocycles. The lowest BCUT2D eigenvalue weighted by atomic mass is 10.1. The number of fused-ring (bicyclic) bond motifs is 1. The molecule has 7 heteroatoms. The lowest BCUT2D eigenvalue weighted by molar-refractivity contribution is -0.115. The number of amides is 2. The minimum absolute atomic E-state index is 0.00118. The number of halogens is 2. The summed E-state index contributed by atoms with van der Waals surface area (Å²) in [4.78, 5) is 25.3. The van der Waals surface area contributed by atoms with Gasteiger partial charge in [-0.15, -0.1) is 0 Å². The van der Waals surface area contributed by atoms with Gasteiger partial charge in [-0.25, -0.2) is 8.78 Å². The Balaban J connectivity index is 1.61. The fraction of sp³-hybridized carbons (Fsp3) is 0.0435. The lowest BCUT2D eigenvalue weighted by Gasteiger charge is -2.08. The standard InChI is InChI=1S/C23H16F2N2O3/c24-15-7-5-14(6-8-15)13-20(28)27-21-18-3-1-2-4-19(18)30-22(21)23(29)26-17-11-9-16(25)10-12-17/h1-12H,13H2,(H,26,29)(H,27,28). The molecule has 1 heterocycles. The van der Waals surface area contributed by atoms with E-state index in [2.05, 4.69) is 10.6 Å². The maximum atomic E-state index is 13.1. The highest BCUT2D eigenvalue weighted by molar-refractivity contribution is 6.14. The highest BCUT2D eigenvalue weighted by Crippen LogP contribution is 2.31. The van der Waals surface area contributed by atoms with E-state index in [1.165, 1.54) is 48.5 Å². The second kappa shape index (κ2) is 8.16. The molecule has 30 heavy (non-hydrogen) atoms. The second-order valence-corrected chi connectivity index (χ2v) is 6.61. The Morgan fingerprint density at radius 2 is 1.43 bits per heavy atom. The van der Waals surface area contributed by atoms with Crippen LogP contribution >= 0.6 is 0 Å². The molecule has 4 rings (SSSR count). The van der Waals surface area contributed by atoms with Crippen molar-refractivity contribution in [2.45, 2.75) is 6.42 Å². The van der Waals surface area contributed by atoms with E-state index in [4.69, 9.17) is 4.42 Å². The second-order valence-electron chi connectivity index (χ2n) is 6.61. The van der Waals surface area contributed by atoms with E-state index >= 15 is 0 Å². The number of carbonyl (C=O) groups excluding carboxylic acids is 2. The van der Waals surface area contributed by atoms with Crippen molar-refractivity contribution < 1.29 is 22.8 Å². The summed E-state index contributed by atoms with van der Waals surface area (Å²) in [5, 5.41) is 5.91. The predicted octanol–water partition coefficient (Wildman–Crippen LogP) is 5.14. The minimum Gasteiger partial charge on any atom is -0.449 e. The normalized spacial score (nSPS) is 10.7. The molecule has 0 unspecified atom stereocenters. The summed E-state index contributed by atoms with van der Waals surface area (Å²) in [5.74, 6) is -1.86. The summed E-state index contributed by atoms with van der Waals surface area (Å²) in [6.07, 6.45) is -0.00118. The van der Waals surface area contributed by atoms with E-state index < -0.39 is 11.7 Å². The molecule has 0 atom stereocenters. The number of furan rings is 1. The molecule has 0 spiro atoms. The minimum atomic E-state index is -0.588. The molecule has 0 fully saturated rings. The van der Waals surface area contributed by atoms with Crippen LogP contribution in [0.5, 0.6) is 0 Å². The van der Waals surface area contributed by atoms with Crippen LogP contribution in [0, 0.1) is 11.6 Å². The van der Waals surface area contributed by atoms with Crippen LogP contribution in [0.3, 0.4) is 0 Å². The number of anilines is 2. The molecule has 2 amide bonds. The van der Waals surface area contributed by atoms with E-state index in [9.17, 15) is 18.4 Å². The molecule has 0 radical (unpaired) electrons. The molecule has 5 nitrogen and oxygen atoms in total. The molecule has 2 N–H and O–H groups in total. The summed E-state index contributed by atoms with van der Waals surface area (Å²) < 4.78 is 31.8. The zero-order valence-corrected chi connectivity index (χ0v) is 15.6. The third kappa shape index (κ3) is 4.20. The van der Waals surface area contributed by atoms with Crippen LogP contribution in [0.1, 0.15) is 16.1 Å². The smallest absolute Gasteiger partial charge is 0.293 e. The van der Waals surface area contributed by atoms with E-state index in [-0.39, 0.29) is 29.6 Å². The zero-order valence-electron chi connectivity index (χ0n) is 15.6. The van der Waals surface area contributed by atoms with E-state index in [0.717, 1.165) is 0 Å². The monoisotopic (exact) mass is 406 g/mol. The molecule has 0 aliphatic carbocycles. The van der Waals surface area contributed by atoms with Gasteiger partial charge in [-0.3, -0.25) is 9.59 Å². The number of para-hydroxylation sites is 1. The summed E-state index contributed by atoms with van der Waals surface area (Å²) in [7, 11) is 0. The van der Waals surface area contributed by atoms with Crippen LogP contribution in [-0.2, 0) is 11.2 Å². The van der Waals surface area contributed by atoms with Crippen LogP contribution in [0.2, 0.25) is 0 Å². The summed E-state index contributed by atoms with van der Waals surface area (Å²) in [6, 6.07) is 17.8. The first-order valence-electron chi connectivity index (χ1n) is 9.12. The summed E-state index contributed by atoms with van der Waals surface area (Å²) in [5.41, 5.74) is 1.67. The van der Waals surface area contributed by atoms with Crippen molar-refractivity contribution >= 4 is 34.2 Å². The predicted molar refractivity (Wildman–Crippen MR) is 109 cm³/mol. The Kier molecular flexibility index (Phi) is 5.26. The number of hydrogen-bond acceptors (Lipinski definition) is 3. The average Bonchev–Trinajstić information content (AvgIpc) is 3.10. The first-order valence-corrected chi connectivity index (χ1v) is 9.12. The highest BCUT2D eigenvalue weighted by atomic mass is 19.1. The van der Waals surface area contributed by atoms with Gasteiger partial charge in [0.1, 0.15) is 22.9 Å². The Morgan fingerprint density at radius 3 is 2.13 bits per heavy atom. The van der Waals surface area contributed by atoms with Crippen molar-refractivity contribution in [1.82, 2.24) is 0 Å². The van der Waals surface area contributed by atoms with Crippen LogP contribution in [0.15, 0.2) is 77.2 Å².